The standard InChI is InChI=1S/C9H16N2/c1-3-11-4-2-8-7(1)5-10-9(8)6-11/h7-10H,1-6H2. The van der Waals surface area contributed by atoms with Gasteiger partial charge in [0.2, 0.25) is 0 Å². The van der Waals surface area contributed by atoms with Gasteiger partial charge in [-0.1, -0.05) is 0 Å². The highest BCUT2D eigenvalue weighted by Gasteiger charge is 2.41. The first-order valence-corrected chi connectivity index (χ1v) is 4.89. The lowest BCUT2D eigenvalue weighted by Gasteiger charge is -2.31. The SMILES string of the molecule is C1CN2CCC3C1CNC3C2. The molecule has 4 aliphatic heterocycles. The first kappa shape index (κ1) is 6.44. The summed E-state index contributed by atoms with van der Waals surface area (Å²) in [5, 5.41) is 3.65. The normalized spacial score (nSPS) is 54.5. The van der Waals surface area contributed by atoms with Gasteiger partial charge in [-0.05, 0) is 44.3 Å². The van der Waals surface area contributed by atoms with Crippen molar-refractivity contribution in [3.05, 3.63) is 0 Å². The molecule has 0 amide bonds. The van der Waals surface area contributed by atoms with Crippen molar-refractivity contribution in [1.82, 2.24) is 10.2 Å². The Bertz CT molecular complexity index is 163. The van der Waals surface area contributed by atoms with Gasteiger partial charge in [0.05, 0.1) is 0 Å². The first-order chi connectivity index (χ1) is 5.43. The van der Waals surface area contributed by atoms with Crippen LogP contribution in [0.3, 0.4) is 0 Å². The largest absolute Gasteiger partial charge is 0.312 e. The van der Waals surface area contributed by atoms with Crippen LogP contribution in [0.15, 0.2) is 0 Å². The Kier molecular flexibility index (Phi) is 1.29. The van der Waals surface area contributed by atoms with Gasteiger partial charge in [0.15, 0.2) is 0 Å². The van der Waals surface area contributed by atoms with Crippen LogP contribution in [-0.4, -0.2) is 37.1 Å². The highest BCUT2D eigenvalue weighted by atomic mass is 15.2. The van der Waals surface area contributed by atoms with Gasteiger partial charge >= 0.3 is 0 Å². The van der Waals surface area contributed by atoms with Crippen molar-refractivity contribution in [1.29, 1.82) is 0 Å². The van der Waals surface area contributed by atoms with Crippen LogP contribution in [-0.2, 0) is 0 Å². The van der Waals surface area contributed by atoms with Crippen LogP contribution >= 0.6 is 0 Å². The minimum absolute atomic E-state index is 0.858. The Morgan fingerprint density at radius 3 is 3.09 bits per heavy atom. The lowest BCUT2D eigenvalue weighted by atomic mass is 9.86. The van der Waals surface area contributed by atoms with Crippen molar-refractivity contribution >= 4 is 0 Å². The quantitative estimate of drug-likeness (QED) is 0.537. The Balaban J connectivity index is 1.92. The van der Waals surface area contributed by atoms with Gasteiger partial charge in [-0.15, -0.1) is 0 Å². The summed E-state index contributed by atoms with van der Waals surface area (Å²) in [6.07, 6.45) is 2.91. The van der Waals surface area contributed by atoms with E-state index in [4.69, 9.17) is 0 Å². The summed E-state index contributed by atoms with van der Waals surface area (Å²) in [6, 6.07) is 0.858. The maximum Gasteiger partial charge on any atom is 0.0226 e. The van der Waals surface area contributed by atoms with Gasteiger partial charge in [-0.25, -0.2) is 0 Å². The second-order valence-electron chi connectivity index (χ2n) is 4.32. The average Bonchev–Trinajstić information content (AvgIpc) is 2.20. The summed E-state index contributed by atoms with van der Waals surface area (Å²) in [5.41, 5.74) is 0. The van der Waals surface area contributed by atoms with Gasteiger partial charge in [-0.3, -0.25) is 0 Å². The van der Waals surface area contributed by atoms with E-state index in [1.54, 1.807) is 0 Å². The average molecular weight is 152 g/mol. The molecule has 0 aromatic carbocycles. The van der Waals surface area contributed by atoms with E-state index in [-0.39, 0.29) is 0 Å². The predicted octanol–water partition coefficient (Wildman–Crippen LogP) is 0.300. The number of nitrogens with one attached hydrogen (secondary N) is 1. The zero-order valence-corrected chi connectivity index (χ0v) is 6.92. The van der Waals surface area contributed by atoms with Crippen LogP contribution in [0.5, 0.6) is 0 Å². The lowest BCUT2D eigenvalue weighted by Crippen LogP contribution is -2.45. The molecule has 0 radical (unpaired) electrons. The summed E-state index contributed by atoms with van der Waals surface area (Å²) < 4.78 is 0. The number of fused-ring (bicyclic) bond motifs is 2. The summed E-state index contributed by atoms with van der Waals surface area (Å²) in [6.45, 7) is 5.39. The van der Waals surface area contributed by atoms with Crippen molar-refractivity contribution in [2.75, 3.05) is 26.2 Å². The highest BCUT2D eigenvalue weighted by Crippen LogP contribution is 2.35. The number of piperidine rings is 1. The molecule has 11 heavy (non-hydrogen) atoms. The molecule has 62 valence electrons. The van der Waals surface area contributed by atoms with E-state index >= 15 is 0 Å². The number of rotatable bonds is 0. The smallest absolute Gasteiger partial charge is 0.0226 e. The molecular formula is C9H16N2. The summed E-state index contributed by atoms with van der Waals surface area (Å²) in [5.74, 6) is 2.06. The summed E-state index contributed by atoms with van der Waals surface area (Å²) >= 11 is 0. The van der Waals surface area contributed by atoms with Gasteiger partial charge in [-0.2, -0.15) is 0 Å². The third kappa shape index (κ3) is 0.859. The maximum absolute atomic E-state index is 3.65. The molecule has 4 saturated heterocycles. The van der Waals surface area contributed by atoms with E-state index in [0.717, 1.165) is 17.9 Å². The van der Waals surface area contributed by atoms with E-state index in [1.807, 2.05) is 0 Å². The monoisotopic (exact) mass is 152 g/mol. The Morgan fingerprint density at radius 1 is 1.18 bits per heavy atom. The second-order valence-corrected chi connectivity index (χ2v) is 4.32. The number of hydrogen-bond acceptors (Lipinski definition) is 2. The van der Waals surface area contributed by atoms with Gasteiger partial charge in [0.1, 0.15) is 0 Å². The zero-order chi connectivity index (χ0) is 7.26. The minimum Gasteiger partial charge on any atom is -0.312 e. The highest BCUT2D eigenvalue weighted by molar-refractivity contribution is 4.98. The van der Waals surface area contributed by atoms with Crippen LogP contribution in [0.25, 0.3) is 0 Å². The Morgan fingerprint density at radius 2 is 2.09 bits per heavy atom. The third-order valence-corrected chi connectivity index (χ3v) is 3.81. The molecule has 4 heterocycles. The molecule has 4 unspecified atom stereocenters. The molecule has 0 spiro atoms. The van der Waals surface area contributed by atoms with Crippen LogP contribution in [0, 0.1) is 11.8 Å². The first-order valence-electron chi connectivity index (χ1n) is 4.89. The topological polar surface area (TPSA) is 15.3 Å². The molecular weight excluding hydrogens is 136 g/mol. The summed E-state index contributed by atoms with van der Waals surface area (Å²) in [7, 11) is 0. The van der Waals surface area contributed by atoms with Crippen molar-refractivity contribution < 1.29 is 0 Å². The van der Waals surface area contributed by atoms with Crippen LogP contribution in [0.4, 0.5) is 0 Å². The van der Waals surface area contributed by atoms with Gasteiger partial charge in [0, 0.05) is 12.6 Å². The lowest BCUT2D eigenvalue weighted by molar-refractivity contribution is 0.193. The van der Waals surface area contributed by atoms with Crippen molar-refractivity contribution in [2.45, 2.75) is 18.9 Å². The third-order valence-electron chi connectivity index (χ3n) is 3.81. The molecule has 0 saturated carbocycles. The molecule has 4 fully saturated rings. The molecule has 1 N–H and O–H groups in total. The Labute approximate surface area is 68.0 Å². The molecule has 4 atom stereocenters. The molecule has 4 bridgehead atoms. The van der Waals surface area contributed by atoms with E-state index in [1.165, 1.54) is 39.0 Å². The van der Waals surface area contributed by atoms with Gasteiger partial charge < -0.3 is 10.2 Å². The van der Waals surface area contributed by atoms with Crippen LogP contribution in [0.1, 0.15) is 12.8 Å². The van der Waals surface area contributed by atoms with Crippen LogP contribution in [0.2, 0.25) is 0 Å². The van der Waals surface area contributed by atoms with E-state index in [0.29, 0.717) is 0 Å². The van der Waals surface area contributed by atoms with E-state index in [2.05, 4.69) is 10.2 Å². The molecule has 4 aliphatic rings. The molecule has 2 heteroatoms. The fourth-order valence-corrected chi connectivity index (χ4v) is 3.14. The predicted molar refractivity (Wildman–Crippen MR) is 44.4 cm³/mol. The molecule has 0 aromatic heterocycles. The summed E-state index contributed by atoms with van der Waals surface area (Å²) in [4.78, 5) is 2.63. The van der Waals surface area contributed by atoms with E-state index < -0.39 is 0 Å². The van der Waals surface area contributed by atoms with Crippen molar-refractivity contribution in [3.63, 3.8) is 0 Å². The number of hydrogen-bond donors (Lipinski definition) is 1. The van der Waals surface area contributed by atoms with Crippen molar-refractivity contribution in [2.24, 2.45) is 11.8 Å². The molecule has 2 nitrogen and oxygen atoms in total. The fourth-order valence-electron chi connectivity index (χ4n) is 3.14. The fraction of sp³-hybridized carbons (Fsp3) is 1.00. The molecule has 4 rings (SSSR count). The number of nitrogens with zero attached hydrogens (tertiary/aromatic N) is 1. The molecule has 0 aromatic rings. The second kappa shape index (κ2) is 2.20. The maximum atomic E-state index is 3.65. The van der Waals surface area contributed by atoms with Crippen LogP contribution < -0.4 is 5.32 Å². The van der Waals surface area contributed by atoms with E-state index in [9.17, 15) is 0 Å². The minimum atomic E-state index is 0.858. The zero-order valence-electron chi connectivity index (χ0n) is 6.92. The van der Waals surface area contributed by atoms with Gasteiger partial charge in [0.25, 0.3) is 0 Å². The molecule has 0 aliphatic carbocycles. The van der Waals surface area contributed by atoms with Crippen molar-refractivity contribution in [3.8, 4) is 0 Å². The Hall–Kier alpha value is -0.0800.